The van der Waals surface area contributed by atoms with Crippen molar-refractivity contribution in [2.45, 2.75) is 45.1 Å². The van der Waals surface area contributed by atoms with Crippen LogP contribution in [0, 0.1) is 17.1 Å². The molecule has 4 rings (SSSR count). The molecule has 6 nitrogen and oxygen atoms in total. The van der Waals surface area contributed by atoms with Gasteiger partial charge >= 0.3 is 0 Å². The first-order valence-electron chi connectivity index (χ1n) is 12.6. The summed E-state index contributed by atoms with van der Waals surface area (Å²) in [4.78, 5) is 14.3. The molecule has 150 valence electrons. The van der Waals surface area contributed by atoms with Crippen molar-refractivity contribution in [1.82, 2.24) is 19.9 Å². The Balaban J connectivity index is 1.58. The number of benzene rings is 1. The summed E-state index contributed by atoms with van der Waals surface area (Å²) in [5, 5.41) is 10.7. The Kier molecular flexibility index (Phi) is 3.71. The molecule has 1 unspecified atom stereocenters. The van der Waals surface area contributed by atoms with Crippen molar-refractivity contribution in [3.05, 3.63) is 46.4 Å². The zero-order valence-electron chi connectivity index (χ0n) is 23.0. The number of aromatic nitrogens is 3. The predicted molar refractivity (Wildman–Crippen MR) is 112 cm³/mol. The summed E-state index contributed by atoms with van der Waals surface area (Å²) in [5.74, 6) is -1.99. The molecule has 0 spiro atoms. The van der Waals surface area contributed by atoms with Gasteiger partial charge in [-0.05, 0) is 30.5 Å². The van der Waals surface area contributed by atoms with Crippen LogP contribution < -0.4 is 5.31 Å². The molecule has 8 heteroatoms. The third-order valence-corrected chi connectivity index (χ3v) is 5.71. The average molecular weight is 418 g/mol. The maximum Gasteiger partial charge on any atom is 0.175 e. The van der Waals surface area contributed by atoms with E-state index in [9.17, 15) is 9.65 Å². The standard InChI is InChI=1S/C21H23FN6S/c1-13(2)21-27-20-18(29-21)19(24-12-25-20)26-16-5-7-28(8-6-16)11-14-3-4-17(22)15(9-14)10-23/h3-4,9,12-13,16H,5-8,11H2,1-2H3,(H,24,25,26)/i3D,4D,9D,11D,13D,16D/hD. The second kappa shape index (κ2) is 8.39. The fraction of sp³-hybridized carbons (Fsp3) is 0.429. The van der Waals surface area contributed by atoms with Crippen molar-refractivity contribution in [3.8, 4) is 6.07 Å². The quantitative estimate of drug-likeness (QED) is 0.667. The fourth-order valence-electron chi connectivity index (χ4n) is 2.94. The van der Waals surface area contributed by atoms with Gasteiger partial charge in [0.15, 0.2) is 7.06 Å². The lowest BCUT2D eigenvalue weighted by Gasteiger charge is -2.32. The van der Waals surface area contributed by atoms with E-state index in [4.69, 9.17) is 9.64 Å². The van der Waals surface area contributed by atoms with E-state index >= 15 is 0 Å². The van der Waals surface area contributed by atoms with Gasteiger partial charge in [-0.3, -0.25) is 4.90 Å². The maximum absolute atomic E-state index is 14.1. The molecule has 1 N–H and O–H groups in total. The Bertz CT molecular complexity index is 1360. The molecule has 0 amide bonds. The van der Waals surface area contributed by atoms with Crippen molar-refractivity contribution in [2.24, 2.45) is 0 Å². The van der Waals surface area contributed by atoms with Gasteiger partial charge in [-0.25, -0.2) is 19.3 Å². The first-order chi connectivity index (χ1) is 16.8. The highest BCUT2D eigenvalue weighted by Crippen LogP contribution is 2.31. The van der Waals surface area contributed by atoms with Crippen molar-refractivity contribution in [1.29, 1.82) is 5.26 Å². The monoisotopic (exact) mass is 417 g/mol. The van der Waals surface area contributed by atoms with Crippen LogP contribution in [-0.4, -0.2) is 39.0 Å². The molecular formula is C21H23FN6S. The van der Waals surface area contributed by atoms with Crippen LogP contribution in [0.3, 0.4) is 0 Å². The number of piperidine rings is 1. The van der Waals surface area contributed by atoms with Gasteiger partial charge in [-0.2, -0.15) is 5.26 Å². The first kappa shape index (κ1) is 12.8. The summed E-state index contributed by atoms with van der Waals surface area (Å²) >= 11 is 1.21. The second-order valence-corrected chi connectivity index (χ2v) is 7.80. The third kappa shape index (κ3) is 4.36. The van der Waals surface area contributed by atoms with Crippen LogP contribution in [0.15, 0.2) is 24.5 Å². The Morgan fingerprint density at radius 3 is 3.03 bits per heavy atom. The van der Waals surface area contributed by atoms with Crippen molar-refractivity contribution < 1.29 is 14.0 Å². The Hall–Kier alpha value is -2.63. The van der Waals surface area contributed by atoms with Crippen LogP contribution in [0.4, 0.5) is 10.2 Å². The minimum absolute atomic E-state index is 0.119. The second-order valence-electron chi connectivity index (χ2n) is 6.80. The zero-order chi connectivity index (χ0) is 26.6. The number of rotatable bonds is 5. The minimum atomic E-state index is -1.41. The van der Waals surface area contributed by atoms with Gasteiger partial charge in [0.2, 0.25) is 0 Å². The molecule has 2 aromatic heterocycles. The maximum atomic E-state index is 14.1. The van der Waals surface area contributed by atoms with Gasteiger partial charge in [-0.15, -0.1) is 11.3 Å². The van der Waals surface area contributed by atoms with Crippen molar-refractivity contribution in [3.63, 3.8) is 0 Å². The van der Waals surface area contributed by atoms with E-state index in [0.717, 1.165) is 5.31 Å². The number of halogens is 1. The summed E-state index contributed by atoms with van der Waals surface area (Å²) in [6.07, 6.45) is 1.50. The number of likely N-dealkylation sites (tertiary alicyclic amines) is 1. The predicted octanol–water partition coefficient (Wildman–Crippen LogP) is 4.30. The van der Waals surface area contributed by atoms with Crippen LogP contribution >= 0.6 is 11.3 Å². The highest BCUT2D eigenvalue weighted by Gasteiger charge is 2.21. The summed E-state index contributed by atoms with van der Waals surface area (Å²) in [6, 6.07) is -1.88. The Labute approximate surface area is 183 Å². The number of nitrogens with zero attached hydrogens (tertiary/aromatic N) is 5. The Morgan fingerprint density at radius 1 is 1.52 bits per heavy atom. The van der Waals surface area contributed by atoms with Crippen LogP contribution in [-0.2, 0) is 6.52 Å². The number of hydrogen-bond donors (Lipinski definition) is 1. The summed E-state index contributed by atoms with van der Waals surface area (Å²) in [5.41, 5.74) is -0.544. The molecule has 3 aromatic rings. The molecule has 3 heterocycles. The van der Waals surface area contributed by atoms with Gasteiger partial charge in [0.1, 0.15) is 28.7 Å². The minimum Gasteiger partial charge on any atom is -0.366 e. The lowest BCUT2D eigenvalue weighted by molar-refractivity contribution is 0.211. The number of nitriles is 1. The fourth-order valence-corrected chi connectivity index (χ4v) is 3.85. The number of thiazole rings is 1. The van der Waals surface area contributed by atoms with Crippen LogP contribution in [0.1, 0.15) is 56.9 Å². The van der Waals surface area contributed by atoms with Crippen molar-refractivity contribution >= 4 is 27.5 Å². The van der Waals surface area contributed by atoms with Gasteiger partial charge in [-0.1, -0.05) is 19.9 Å². The van der Waals surface area contributed by atoms with Gasteiger partial charge < -0.3 is 5.31 Å². The summed E-state index contributed by atoms with van der Waals surface area (Å²) in [7, 11) is 0. The van der Waals surface area contributed by atoms with Crippen molar-refractivity contribution in [2.75, 3.05) is 18.4 Å². The van der Waals surface area contributed by atoms with Gasteiger partial charge in [0.25, 0.3) is 0 Å². The zero-order valence-corrected chi connectivity index (χ0v) is 16.8. The van der Waals surface area contributed by atoms with E-state index in [-0.39, 0.29) is 37.3 Å². The topological polar surface area (TPSA) is 77.7 Å². The smallest absolute Gasteiger partial charge is 0.175 e. The van der Waals surface area contributed by atoms with E-state index in [1.807, 2.05) is 0 Å². The normalized spacial score (nSPS) is 21.7. The number of hydrogen-bond acceptors (Lipinski definition) is 7. The highest BCUT2D eigenvalue weighted by atomic mass is 32.1. The molecule has 1 aromatic carbocycles. The van der Waals surface area contributed by atoms with Crippen LogP contribution in [0.2, 0.25) is 1.41 Å². The average Bonchev–Trinajstić information content (AvgIpc) is 3.28. The molecule has 1 aliphatic heterocycles. The highest BCUT2D eigenvalue weighted by molar-refractivity contribution is 7.19. The van der Waals surface area contributed by atoms with E-state index in [1.165, 1.54) is 17.7 Å². The van der Waals surface area contributed by atoms with E-state index in [2.05, 4.69) is 15.0 Å². The van der Waals surface area contributed by atoms with Gasteiger partial charge in [0.05, 0.1) is 16.1 Å². The van der Waals surface area contributed by atoms with E-state index in [1.54, 1.807) is 24.8 Å². The molecule has 29 heavy (non-hydrogen) atoms. The van der Waals surface area contributed by atoms with Crippen LogP contribution in [0.5, 0.6) is 0 Å². The molecule has 1 atom stereocenters. The molecular weight excluding hydrogens is 387 g/mol. The first-order valence-corrected chi connectivity index (χ1v) is 9.88. The van der Waals surface area contributed by atoms with Gasteiger partial charge in [0, 0.05) is 34.3 Å². The number of fused-ring (bicyclic) bond motifs is 1. The van der Waals surface area contributed by atoms with E-state index in [0.29, 0.717) is 15.4 Å². The third-order valence-electron chi connectivity index (χ3n) is 4.45. The summed E-state index contributed by atoms with van der Waals surface area (Å²) in [6.45, 7) is 2.40. The molecule has 0 aliphatic carbocycles. The molecule has 0 bridgehead atoms. The van der Waals surface area contributed by atoms with Crippen LogP contribution in [0.25, 0.3) is 10.3 Å². The largest absolute Gasteiger partial charge is 0.366 e. The molecule has 0 saturated carbocycles. The number of nitrogens with one attached hydrogen (secondary N) is 1. The van der Waals surface area contributed by atoms with E-state index < -0.39 is 47.9 Å². The lowest BCUT2D eigenvalue weighted by atomic mass is 10.0. The lowest BCUT2D eigenvalue weighted by Crippen LogP contribution is -2.38. The number of anilines is 1. The molecule has 0 radical (unpaired) electrons. The molecule has 1 fully saturated rings. The Morgan fingerprint density at radius 2 is 2.31 bits per heavy atom. The molecule has 1 aliphatic rings. The SMILES string of the molecule is [2H]c1c([2H])c(C([2H])N2CCC([2H])(N([2H])c3ncnc4nc(C([2H])(C)C)sc34)CC2)c([2H])c(C#N)c1F. The summed E-state index contributed by atoms with van der Waals surface area (Å²) < 4.78 is 73.1. The molecule has 1 saturated heterocycles.